The minimum atomic E-state index is -1.32. The van der Waals surface area contributed by atoms with E-state index < -0.39 is 8.60 Å². The second-order valence-corrected chi connectivity index (χ2v) is 9.12. The predicted octanol–water partition coefficient (Wildman–Crippen LogP) is 4.47. The Morgan fingerprint density at radius 2 is 2.17 bits per heavy atom. The Balaban J connectivity index is 1.54. The molecule has 0 N–H and O–H groups in total. The molecule has 0 radical (unpaired) electrons. The summed E-state index contributed by atoms with van der Waals surface area (Å²) in [5.41, 5.74) is 2.07. The lowest BCUT2D eigenvalue weighted by Crippen LogP contribution is -2.55. The zero-order chi connectivity index (χ0) is 19.8. The maximum Gasteiger partial charge on any atom is 0.333 e. The van der Waals surface area contributed by atoms with Crippen molar-refractivity contribution in [1.82, 2.24) is 9.88 Å². The summed E-state index contributed by atoms with van der Waals surface area (Å²) in [6, 6.07) is 8.37. The van der Waals surface area contributed by atoms with Crippen LogP contribution in [0.1, 0.15) is 24.5 Å². The van der Waals surface area contributed by atoms with E-state index in [0.29, 0.717) is 25.0 Å². The summed E-state index contributed by atoms with van der Waals surface area (Å²) in [4.78, 5) is 7.12. The van der Waals surface area contributed by atoms with Crippen LogP contribution in [0.3, 0.4) is 0 Å². The summed E-state index contributed by atoms with van der Waals surface area (Å²) in [6.45, 7) is 7.40. The number of fused-ring (bicyclic) bond motifs is 4. The van der Waals surface area contributed by atoms with E-state index in [-0.39, 0.29) is 12.1 Å². The van der Waals surface area contributed by atoms with Gasteiger partial charge in [-0.1, -0.05) is 6.08 Å². The highest BCUT2D eigenvalue weighted by molar-refractivity contribution is 7.41. The Morgan fingerprint density at radius 3 is 2.90 bits per heavy atom. The molecule has 2 aromatic rings. The van der Waals surface area contributed by atoms with Crippen molar-refractivity contribution in [2.75, 3.05) is 33.4 Å². The van der Waals surface area contributed by atoms with E-state index in [1.54, 1.807) is 7.11 Å². The number of pyridine rings is 1. The average molecular weight is 414 g/mol. The molecule has 1 aromatic carbocycles. The second kappa shape index (κ2) is 8.29. The summed E-state index contributed by atoms with van der Waals surface area (Å²) in [6.07, 6.45) is 6.19. The van der Waals surface area contributed by atoms with E-state index in [0.717, 1.165) is 41.7 Å². The highest BCUT2D eigenvalue weighted by Gasteiger charge is 2.44. The van der Waals surface area contributed by atoms with Crippen LogP contribution in [0.25, 0.3) is 10.9 Å². The fraction of sp³-hybridized carbons (Fsp3) is 0.500. The van der Waals surface area contributed by atoms with Gasteiger partial charge in [0.05, 0.1) is 25.8 Å². The topological polar surface area (TPSA) is 53.1 Å². The van der Waals surface area contributed by atoms with Crippen LogP contribution in [0.5, 0.6) is 5.75 Å². The van der Waals surface area contributed by atoms with Gasteiger partial charge in [-0.25, -0.2) is 0 Å². The van der Waals surface area contributed by atoms with Gasteiger partial charge in [0.2, 0.25) is 0 Å². The van der Waals surface area contributed by atoms with Gasteiger partial charge in [0.1, 0.15) is 11.9 Å². The number of benzene rings is 1. The summed E-state index contributed by atoms with van der Waals surface area (Å²) in [5.74, 6) is 2.05. The smallest absolute Gasteiger partial charge is 0.333 e. The molecule has 0 spiro atoms. The lowest BCUT2D eigenvalue weighted by atomic mass is 9.73. The van der Waals surface area contributed by atoms with Gasteiger partial charge in [-0.15, -0.1) is 6.58 Å². The van der Waals surface area contributed by atoms with Crippen molar-refractivity contribution in [2.24, 2.45) is 11.8 Å². The number of piperidine rings is 3. The molecule has 5 atom stereocenters. The van der Waals surface area contributed by atoms with Crippen LogP contribution in [-0.2, 0) is 13.6 Å². The molecule has 0 amide bonds. The summed E-state index contributed by atoms with van der Waals surface area (Å²) in [5, 5.41) is 1.06. The third-order valence-electron chi connectivity index (χ3n) is 6.47. The van der Waals surface area contributed by atoms with Crippen LogP contribution in [0.4, 0.5) is 0 Å². The molecule has 7 heteroatoms. The van der Waals surface area contributed by atoms with Gasteiger partial charge >= 0.3 is 8.60 Å². The van der Waals surface area contributed by atoms with Gasteiger partial charge in [-0.3, -0.25) is 9.88 Å². The van der Waals surface area contributed by atoms with Crippen LogP contribution < -0.4 is 4.74 Å². The molecule has 6 rings (SSSR count). The maximum atomic E-state index is 6.52. The lowest BCUT2D eigenvalue weighted by molar-refractivity contribution is -0.0385. The van der Waals surface area contributed by atoms with Gasteiger partial charge in [0, 0.05) is 24.2 Å². The molecule has 5 heterocycles. The largest absolute Gasteiger partial charge is 0.497 e. The first kappa shape index (κ1) is 19.4. The van der Waals surface area contributed by atoms with Crippen molar-refractivity contribution in [1.29, 1.82) is 0 Å². The molecule has 4 fully saturated rings. The highest BCUT2D eigenvalue weighted by Crippen LogP contribution is 2.52. The van der Waals surface area contributed by atoms with E-state index in [1.807, 2.05) is 18.3 Å². The van der Waals surface area contributed by atoms with E-state index in [4.69, 9.17) is 18.3 Å². The first-order valence-corrected chi connectivity index (χ1v) is 11.4. The van der Waals surface area contributed by atoms with Crippen molar-refractivity contribution in [3.8, 4) is 5.75 Å². The Labute approximate surface area is 172 Å². The molecule has 1 aromatic heterocycles. The predicted molar refractivity (Wildman–Crippen MR) is 113 cm³/mol. The second-order valence-electron chi connectivity index (χ2n) is 7.95. The monoisotopic (exact) mass is 414 g/mol. The Kier molecular flexibility index (Phi) is 5.55. The van der Waals surface area contributed by atoms with Gasteiger partial charge in [0.15, 0.2) is 0 Å². The molecule has 2 bridgehead atoms. The fourth-order valence-electron chi connectivity index (χ4n) is 4.96. The molecular weight excluding hydrogens is 387 g/mol. The standard InChI is InChI=1S/C22H27N2O4P/c1-3-15-14-24-9-7-16(15)12-21(24)22(28-29-26-10-11-27-29)18-6-8-23-20-5-4-17(25-2)13-19(18)20/h3-6,8,13,15-16,21-22H,1,7,9-12,14H2,2H3/t15-,16-,21+,22-/m0/s1. The lowest BCUT2D eigenvalue weighted by Gasteiger charge is -2.51. The van der Waals surface area contributed by atoms with Crippen LogP contribution in [0, 0.1) is 11.8 Å². The summed E-state index contributed by atoms with van der Waals surface area (Å²) in [7, 11) is 0.368. The number of ether oxygens (including phenoxy) is 1. The molecule has 1 unspecified atom stereocenters. The Hall–Kier alpha value is -1.56. The minimum absolute atomic E-state index is 0.134. The number of aromatic nitrogens is 1. The Morgan fingerprint density at radius 1 is 1.31 bits per heavy atom. The van der Waals surface area contributed by atoms with Gasteiger partial charge in [0.25, 0.3) is 0 Å². The van der Waals surface area contributed by atoms with E-state index in [1.165, 1.54) is 6.42 Å². The molecule has 154 valence electrons. The number of rotatable bonds is 6. The van der Waals surface area contributed by atoms with E-state index >= 15 is 0 Å². The van der Waals surface area contributed by atoms with Crippen molar-refractivity contribution in [3.63, 3.8) is 0 Å². The third kappa shape index (κ3) is 3.69. The van der Waals surface area contributed by atoms with Crippen molar-refractivity contribution < 1.29 is 18.3 Å². The molecule has 4 aliphatic rings. The maximum absolute atomic E-state index is 6.52. The summed E-state index contributed by atoms with van der Waals surface area (Å²) < 4.78 is 23.4. The van der Waals surface area contributed by atoms with Gasteiger partial charge < -0.3 is 18.3 Å². The number of hydrogen-bond acceptors (Lipinski definition) is 6. The number of nitrogens with zero attached hydrogens (tertiary/aromatic N) is 2. The molecule has 4 aliphatic heterocycles. The molecule has 0 saturated carbocycles. The molecular formula is C22H27N2O4P. The van der Waals surface area contributed by atoms with Crippen LogP contribution >= 0.6 is 8.60 Å². The summed E-state index contributed by atoms with van der Waals surface area (Å²) >= 11 is 0. The van der Waals surface area contributed by atoms with Gasteiger partial charge in [-0.2, -0.15) is 0 Å². The van der Waals surface area contributed by atoms with Crippen LogP contribution in [0.15, 0.2) is 43.1 Å². The van der Waals surface area contributed by atoms with Crippen molar-refractivity contribution >= 4 is 19.5 Å². The number of hydrogen-bond donors (Lipinski definition) is 0. The fourth-order valence-corrected chi connectivity index (χ4v) is 6.05. The van der Waals surface area contributed by atoms with Crippen molar-refractivity contribution in [3.05, 3.63) is 48.7 Å². The van der Waals surface area contributed by atoms with Crippen molar-refractivity contribution in [2.45, 2.75) is 25.0 Å². The Bertz CT molecular complexity index is 888. The highest BCUT2D eigenvalue weighted by atomic mass is 31.2. The average Bonchev–Trinajstić information content (AvgIpc) is 3.30. The minimum Gasteiger partial charge on any atom is -0.497 e. The normalized spacial score (nSPS) is 30.5. The number of methoxy groups -OCH3 is 1. The first-order chi connectivity index (χ1) is 14.3. The molecule has 6 nitrogen and oxygen atoms in total. The molecule has 29 heavy (non-hydrogen) atoms. The SMILES string of the molecule is C=C[C@H]1CN2CC[C@H]1C[C@@H]2[C@@H](OP1OCCO1)c1ccnc2ccc(OC)cc12. The zero-order valence-electron chi connectivity index (χ0n) is 16.7. The zero-order valence-corrected chi connectivity index (χ0v) is 17.6. The molecule has 4 saturated heterocycles. The first-order valence-electron chi connectivity index (χ1n) is 10.3. The van der Waals surface area contributed by atoms with Crippen LogP contribution in [-0.4, -0.2) is 49.3 Å². The molecule has 0 aliphatic carbocycles. The van der Waals surface area contributed by atoms with E-state index in [9.17, 15) is 0 Å². The quantitative estimate of drug-likeness (QED) is 0.514. The van der Waals surface area contributed by atoms with Gasteiger partial charge in [-0.05, 0) is 61.1 Å². The third-order valence-corrected chi connectivity index (χ3v) is 7.65. The van der Waals surface area contributed by atoms with E-state index in [2.05, 4.69) is 34.7 Å². The van der Waals surface area contributed by atoms with Crippen LogP contribution in [0.2, 0.25) is 0 Å².